The van der Waals surface area contributed by atoms with Gasteiger partial charge in [-0.2, -0.15) is 0 Å². The number of sulfone groups is 1. The van der Waals surface area contributed by atoms with Crippen molar-refractivity contribution in [2.24, 2.45) is 11.8 Å². The van der Waals surface area contributed by atoms with Gasteiger partial charge < -0.3 is 10.2 Å². The van der Waals surface area contributed by atoms with Gasteiger partial charge in [0.2, 0.25) is 11.8 Å². The first kappa shape index (κ1) is 24.5. The minimum absolute atomic E-state index is 0.0934. The van der Waals surface area contributed by atoms with Gasteiger partial charge in [-0.1, -0.05) is 26.2 Å². The summed E-state index contributed by atoms with van der Waals surface area (Å²) in [6.07, 6.45) is 13.1. The highest BCUT2D eigenvalue weighted by Crippen LogP contribution is 2.32. The number of amides is 2. The van der Waals surface area contributed by atoms with Gasteiger partial charge in [0, 0.05) is 37.2 Å². The number of hydrogen-bond donors (Lipinski definition) is 1. The predicted molar refractivity (Wildman–Crippen MR) is 123 cm³/mol. The van der Waals surface area contributed by atoms with Crippen LogP contribution in [0.5, 0.6) is 0 Å². The molecule has 0 atom stereocenters. The van der Waals surface area contributed by atoms with Crippen molar-refractivity contribution in [2.45, 2.75) is 114 Å². The van der Waals surface area contributed by atoms with Crippen LogP contribution in [0.3, 0.4) is 0 Å². The van der Waals surface area contributed by atoms with E-state index in [4.69, 9.17) is 0 Å². The summed E-state index contributed by atoms with van der Waals surface area (Å²) in [7, 11) is -0.974. The van der Waals surface area contributed by atoms with Crippen molar-refractivity contribution in [1.29, 1.82) is 0 Å². The average Bonchev–Trinajstić information content (AvgIpc) is 2.79. The molecule has 0 heterocycles. The summed E-state index contributed by atoms with van der Waals surface area (Å²) in [5, 5.41) is 2.98. The molecule has 0 unspecified atom stereocenters. The summed E-state index contributed by atoms with van der Waals surface area (Å²) in [4.78, 5) is 27.5. The van der Waals surface area contributed by atoms with Crippen molar-refractivity contribution in [2.75, 3.05) is 12.8 Å². The Balaban J connectivity index is 1.36. The highest BCUT2D eigenvalue weighted by atomic mass is 32.2. The first-order valence-corrected chi connectivity index (χ1v) is 14.3. The van der Waals surface area contributed by atoms with Gasteiger partial charge in [0.05, 0.1) is 5.25 Å². The summed E-state index contributed by atoms with van der Waals surface area (Å²) in [6.45, 7) is 1.71. The molecular formula is C24H42N2O4S. The predicted octanol–water partition coefficient (Wildman–Crippen LogP) is 3.84. The first-order valence-electron chi connectivity index (χ1n) is 12.6. The van der Waals surface area contributed by atoms with Crippen molar-refractivity contribution in [1.82, 2.24) is 10.2 Å². The van der Waals surface area contributed by atoms with Gasteiger partial charge in [0.1, 0.15) is 0 Å². The zero-order chi connectivity index (χ0) is 22.4. The van der Waals surface area contributed by atoms with Crippen molar-refractivity contribution < 1.29 is 18.0 Å². The third-order valence-corrected chi connectivity index (χ3v) is 10.4. The van der Waals surface area contributed by atoms with Crippen LogP contribution in [0.1, 0.15) is 96.8 Å². The Kier molecular flexibility index (Phi) is 8.82. The maximum absolute atomic E-state index is 12.9. The largest absolute Gasteiger partial charge is 0.353 e. The van der Waals surface area contributed by atoms with Crippen LogP contribution in [0.4, 0.5) is 0 Å². The lowest BCUT2D eigenvalue weighted by molar-refractivity contribution is -0.138. The molecule has 0 aromatic carbocycles. The van der Waals surface area contributed by atoms with Crippen LogP contribution in [-0.2, 0) is 19.4 Å². The number of nitrogens with zero attached hydrogens (tertiary/aromatic N) is 1. The Morgan fingerprint density at radius 3 is 2.06 bits per heavy atom. The third-order valence-electron chi connectivity index (χ3n) is 8.09. The molecule has 7 heteroatoms. The molecule has 3 aliphatic rings. The fraction of sp³-hybridized carbons (Fsp3) is 0.917. The van der Waals surface area contributed by atoms with Crippen LogP contribution >= 0.6 is 0 Å². The van der Waals surface area contributed by atoms with Gasteiger partial charge in [0.15, 0.2) is 9.84 Å². The van der Waals surface area contributed by atoms with Gasteiger partial charge in [-0.3, -0.25) is 9.59 Å². The van der Waals surface area contributed by atoms with E-state index in [1.54, 1.807) is 6.92 Å². The second-order valence-corrected chi connectivity index (χ2v) is 12.7. The molecule has 0 spiro atoms. The third kappa shape index (κ3) is 6.69. The summed E-state index contributed by atoms with van der Waals surface area (Å²) in [5.41, 5.74) is 0. The maximum atomic E-state index is 12.9. The number of carbonyl (C=O) groups excluding carboxylic acids is 2. The summed E-state index contributed by atoms with van der Waals surface area (Å²) >= 11 is 0. The van der Waals surface area contributed by atoms with Gasteiger partial charge in [0.25, 0.3) is 0 Å². The molecule has 3 rings (SSSR count). The van der Waals surface area contributed by atoms with E-state index in [9.17, 15) is 18.0 Å². The quantitative estimate of drug-likeness (QED) is 0.634. The van der Waals surface area contributed by atoms with Crippen molar-refractivity contribution in [3.63, 3.8) is 0 Å². The minimum atomic E-state index is -2.95. The fourth-order valence-electron chi connectivity index (χ4n) is 5.90. The first-order chi connectivity index (χ1) is 14.8. The molecule has 31 heavy (non-hydrogen) atoms. The Morgan fingerprint density at radius 1 is 0.871 bits per heavy atom. The van der Waals surface area contributed by atoms with Crippen molar-refractivity contribution in [3.8, 4) is 0 Å². The molecule has 0 aliphatic heterocycles. The number of nitrogens with one attached hydrogen (secondary N) is 1. The molecule has 6 nitrogen and oxygen atoms in total. The molecule has 2 amide bonds. The van der Waals surface area contributed by atoms with Gasteiger partial charge in [-0.15, -0.1) is 0 Å². The summed E-state index contributed by atoms with van der Waals surface area (Å²) in [6, 6.07) is 0.592. The molecule has 3 fully saturated rings. The molecular weight excluding hydrogens is 412 g/mol. The van der Waals surface area contributed by atoms with E-state index in [1.807, 2.05) is 11.9 Å². The van der Waals surface area contributed by atoms with Gasteiger partial charge >= 0.3 is 0 Å². The molecule has 0 aromatic rings. The normalized spacial score (nSPS) is 30.5. The molecule has 3 saturated carbocycles. The van der Waals surface area contributed by atoms with E-state index in [2.05, 4.69) is 5.32 Å². The Bertz CT molecular complexity index is 701. The highest BCUT2D eigenvalue weighted by molar-refractivity contribution is 7.92. The Hall–Kier alpha value is -1.11. The summed E-state index contributed by atoms with van der Waals surface area (Å²) in [5.74, 6) is 1.01. The lowest BCUT2D eigenvalue weighted by Crippen LogP contribution is -2.45. The average molecular weight is 455 g/mol. The maximum Gasteiger partial charge on any atom is 0.225 e. The Labute approximate surface area is 188 Å². The molecule has 0 saturated heterocycles. The Morgan fingerprint density at radius 2 is 1.48 bits per heavy atom. The van der Waals surface area contributed by atoms with Gasteiger partial charge in [-0.25, -0.2) is 8.42 Å². The van der Waals surface area contributed by atoms with E-state index in [1.165, 1.54) is 19.3 Å². The van der Waals surface area contributed by atoms with E-state index >= 15 is 0 Å². The second-order valence-electron chi connectivity index (χ2n) is 10.2. The topological polar surface area (TPSA) is 83.5 Å². The fourth-order valence-corrected chi connectivity index (χ4v) is 7.36. The van der Waals surface area contributed by atoms with Crippen LogP contribution in [0.15, 0.2) is 0 Å². The van der Waals surface area contributed by atoms with Crippen LogP contribution < -0.4 is 5.32 Å². The van der Waals surface area contributed by atoms with Crippen molar-refractivity contribution in [3.05, 3.63) is 0 Å². The van der Waals surface area contributed by atoms with E-state index < -0.39 is 9.84 Å². The monoisotopic (exact) mass is 454 g/mol. The zero-order valence-electron chi connectivity index (χ0n) is 19.5. The number of carbonyl (C=O) groups is 2. The van der Waals surface area contributed by atoms with Crippen LogP contribution in [0, 0.1) is 11.8 Å². The molecule has 3 aliphatic carbocycles. The lowest BCUT2D eigenvalue weighted by atomic mass is 9.83. The van der Waals surface area contributed by atoms with Crippen LogP contribution in [0.25, 0.3) is 0 Å². The van der Waals surface area contributed by atoms with E-state index in [0.29, 0.717) is 37.1 Å². The molecule has 0 radical (unpaired) electrons. The molecule has 1 N–H and O–H groups in total. The van der Waals surface area contributed by atoms with Crippen molar-refractivity contribution >= 4 is 21.7 Å². The summed E-state index contributed by atoms with van der Waals surface area (Å²) < 4.78 is 24.1. The lowest BCUT2D eigenvalue weighted by Gasteiger charge is -2.36. The zero-order valence-corrected chi connectivity index (χ0v) is 20.3. The highest BCUT2D eigenvalue weighted by Gasteiger charge is 2.33. The van der Waals surface area contributed by atoms with Crippen LogP contribution in [0.2, 0.25) is 0 Å². The van der Waals surface area contributed by atoms with Crippen LogP contribution in [-0.4, -0.2) is 55.3 Å². The number of hydrogen-bond acceptors (Lipinski definition) is 4. The van der Waals surface area contributed by atoms with Gasteiger partial charge in [-0.05, 0) is 70.1 Å². The smallest absolute Gasteiger partial charge is 0.225 e. The minimum Gasteiger partial charge on any atom is -0.353 e. The second kappa shape index (κ2) is 11.2. The standard InChI is InChI=1S/C24H42N2O4S/c1-3-31(29,30)22-15-9-18(10-16-22)17-23(27)25-20-13-11-19(12-14-20)24(28)26(2)21-7-5-4-6-8-21/h18-22H,3-17H2,1-2H3,(H,25,27). The van der Waals surface area contributed by atoms with E-state index in [-0.39, 0.29) is 28.9 Å². The molecule has 0 aromatic heterocycles. The van der Waals surface area contributed by atoms with E-state index in [0.717, 1.165) is 51.4 Å². The SMILES string of the molecule is CCS(=O)(=O)C1CCC(CC(=O)NC2CCC(C(=O)N(C)C3CCCCC3)CC2)CC1. The molecule has 0 bridgehead atoms. The molecule has 178 valence electrons. The number of rotatable bonds is 7.